The number of carbonyl (C=O) groups excluding carboxylic acids is 3. The van der Waals surface area contributed by atoms with Gasteiger partial charge < -0.3 is 9.47 Å². The largest absolute Gasteiger partial charge is 0.465 e. The van der Waals surface area contributed by atoms with Crippen LogP contribution >= 0.6 is 0 Å². The quantitative estimate of drug-likeness (QED) is 0.228. The second-order valence-corrected chi connectivity index (χ2v) is 8.12. The summed E-state index contributed by atoms with van der Waals surface area (Å²) in [6.45, 7) is 3.05. The lowest BCUT2D eigenvalue weighted by atomic mass is 9.73. The number of esters is 2. The average Bonchev–Trinajstić information content (AvgIpc) is 2.84. The lowest BCUT2D eigenvalue weighted by Crippen LogP contribution is -2.54. The Bertz CT molecular complexity index is 1110. The molecule has 0 spiro atoms. The van der Waals surface area contributed by atoms with Crippen molar-refractivity contribution in [2.75, 3.05) is 20.3 Å². The van der Waals surface area contributed by atoms with Crippen molar-refractivity contribution >= 4 is 29.1 Å². The summed E-state index contributed by atoms with van der Waals surface area (Å²) in [6, 6.07) is 8.82. The number of non-ortho nitro benzene ring substituents is 2. The number of nitrogens with zero attached hydrogens (tertiary/aromatic N) is 3. The monoisotopic (exact) mass is 499 g/mol. The molecule has 0 radical (unpaired) electrons. The van der Waals surface area contributed by atoms with Crippen molar-refractivity contribution in [1.82, 2.24) is 4.90 Å². The molecule has 3 rings (SSSR count). The number of ketones is 1. The molecule has 1 fully saturated rings. The molecule has 0 aliphatic carbocycles. The maximum Gasteiger partial charge on any atom is 0.318 e. The molecule has 1 aliphatic rings. The Hall–Kier alpha value is -4.19. The van der Waals surface area contributed by atoms with Crippen molar-refractivity contribution in [3.05, 3.63) is 79.9 Å². The van der Waals surface area contributed by atoms with E-state index in [-0.39, 0.29) is 35.7 Å². The number of ether oxygens (including phenoxy) is 2. The van der Waals surface area contributed by atoms with E-state index in [1.54, 1.807) is 18.7 Å². The molecule has 0 saturated carbocycles. The molecule has 190 valence electrons. The summed E-state index contributed by atoms with van der Waals surface area (Å²) in [5.41, 5.74) is 0.0393. The van der Waals surface area contributed by atoms with E-state index in [0.717, 1.165) is 0 Å². The molecule has 1 heterocycles. The van der Waals surface area contributed by atoms with E-state index in [4.69, 9.17) is 9.47 Å². The third-order valence-electron chi connectivity index (χ3n) is 6.05. The van der Waals surface area contributed by atoms with E-state index >= 15 is 0 Å². The number of hydrogen-bond donors (Lipinski definition) is 0. The second kappa shape index (κ2) is 11.0. The van der Waals surface area contributed by atoms with Gasteiger partial charge in [0.2, 0.25) is 0 Å². The molecule has 2 aromatic rings. The minimum Gasteiger partial charge on any atom is -0.465 e. The predicted octanol–water partition coefficient (Wildman–Crippen LogP) is 3.16. The number of nitro groups is 2. The first-order valence-electron chi connectivity index (χ1n) is 11.2. The van der Waals surface area contributed by atoms with Gasteiger partial charge in [0.15, 0.2) is 5.78 Å². The molecule has 0 N–H and O–H groups in total. The van der Waals surface area contributed by atoms with Crippen molar-refractivity contribution in [3.63, 3.8) is 0 Å². The summed E-state index contributed by atoms with van der Waals surface area (Å²) in [5, 5.41) is 22.8. The van der Waals surface area contributed by atoms with Crippen LogP contribution in [-0.2, 0) is 23.9 Å². The fourth-order valence-electron chi connectivity index (χ4n) is 4.60. The minimum atomic E-state index is -1.50. The number of benzene rings is 2. The van der Waals surface area contributed by atoms with Crippen LogP contribution in [0.5, 0.6) is 0 Å². The van der Waals surface area contributed by atoms with Crippen LogP contribution in [0.15, 0.2) is 48.5 Å². The fraction of sp³-hybridized carbons (Fsp3) is 0.375. The van der Waals surface area contributed by atoms with Crippen LogP contribution in [0.1, 0.15) is 37.1 Å². The van der Waals surface area contributed by atoms with Crippen molar-refractivity contribution in [2.24, 2.45) is 11.8 Å². The van der Waals surface area contributed by atoms with E-state index < -0.39 is 51.5 Å². The predicted molar refractivity (Wildman–Crippen MR) is 125 cm³/mol. The van der Waals surface area contributed by atoms with Gasteiger partial charge in [-0.15, -0.1) is 0 Å². The van der Waals surface area contributed by atoms with Crippen LogP contribution in [0.4, 0.5) is 11.4 Å². The summed E-state index contributed by atoms with van der Waals surface area (Å²) in [4.78, 5) is 63.0. The van der Waals surface area contributed by atoms with Crippen LogP contribution in [0.3, 0.4) is 0 Å². The van der Waals surface area contributed by atoms with Gasteiger partial charge in [-0.2, -0.15) is 0 Å². The van der Waals surface area contributed by atoms with Crippen LogP contribution in [0, 0.1) is 32.1 Å². The summed E-state index contributed by atoms with van der Waals surface area (Å²) in [6.07, 6.45) is 0. The highest BCUT2D eigenvalue weighted by atomic mass is 16.6. The molecule has 4 unspecified atom stereocenters. The van der Waals surface area contributed by atoms with Gasteiger partial charge in [-0.1, -0.05) is 24.3 Å². The minimum absolute atomic E-state index is 0.0354. The Balaban J connectivity index is 2.25. The van der Waals surface area contributed by atoms with Crippen LogP contribution in [0.2, 0.25) is 0 Å². The summed E-state index contributed by atoms with van der Waals surface area (Å²) >= 11 is 0. The van der Waals surface area contributed by atoms with E-state index in [1.807, 2.05) is 0 Å². The summed E-state index contributed by atoms with van der Waals surface area (Å²) in [5.74, 6) is -5.57. The molecule has 0 bridgehead atoms. The smallest absolute Gasteiger partial charge is 0.318 e. The zero-order valence-electron chi connectivity index (χ0n) is 19.9. The van der Waals surface area contributed by atoms with Gasteiger partial charge in [0.25, 0.3) is 11.4 Å². The molecule has 0 amide bonds. The van der Waals surface area contributed by atoms with E-state index in [0.29, 0.717) is 0 Å². The normalized spacial score (nSPS) is 22.0. The molecular weight excluding hydrogens is 474 g/mol. The summed E-state index contributed by atoms with van der Waals surface area (Å²) in [7, 11) is 1.54. The van der Waals surface area contributed by atoms with E-state index in [1.165, 1.54) is 55.6 Å². The SMILES string of the molecule is CCOC(=O)C1C(=O)C(C(=O)OCC)C(c2cccc([N+](=O)[O-])c2)N(C)C1c1cccc([N+](=O)[O-])c1. The molecule has 4 atom stereocenters. The number of nitro benzene ring substituents is 2. The molecular formula is C24H25N3O9. The Labute approximate surface area is 206 Å². The Morgan fingerprint density at radius 1 is 0.833 bits per heavy atom. The zero-order chi connectivity index (χ0) is 26.6. The number of hydrogen-bond acceptors (Lipinski definition) is 10. The van der Waals surface area contributed by atoms with Gasteiger partial charge >= 0.3 is 11.9 Å². The van der Waals surface area contributed by atoms with Crippen molar-refractivity contribution < 1.29 is 33.7 Å². The van der Waals surface area contributed by atoms with Gasteiger partial charge in [0.1, 0.15) is 11.8 Å². The molecule has 2 aromatic carbocycles. The lowest BCUT2D eigenvalue weighted by molar-refractivity contribution is -0.385. The Morgan fingerprint density at radius 2 is 1.22 bits per heavy atom. The highest BCUT2D eigenvalue weighted by Gasteiger charge is 2.55. The molecule has 1 aliphatic heterocycles. The van der Waals surface area contributed by atoms with Crippen LogP contribution in [0.25, 0.3) is 0 Å². The number of Topliss-reactive ketones (excluding diaryl/α,β-unsaturated/α-hetero) is 1. The fourth-order valence-corrected chi connectivity index (χ4v) is 4.60. The zero-order valence-corrected chi connectivity index (χ0v) is 19.9. The van der Waals surface area contributed by atoms with Gasteiger partial charge in [-0.05, 0) is 32.0 Å². The number of piperidine rings is 1. The number of carbonyl (C=O) groups is 3. The second-order valence-electron chi connectivity index (χ2n) is 8.12. The van der Waals surface area contributed by atoms with Gasteiger partial charge in [-0.25, -0.2) is 0 Å². The third kappa shape index (κ3) is 5.08. The van der Waals surface area contributed by atoms with Crippen molar-refractivity contribution in [2.45, 2.75) is 25.9 Å². The standard InChI is InChI=1S/C24H25N3O9/c1-4-35-23(29)18-20(14-8-6-10-16(12-14)26(31)32)25(3)21(19(22(18)28)24(30)36-5-2)15-9-7-11-17(13-15)27(33)34/h6-13,18-21H,4-5H2,1-3H3. The molecule has 12 nitrogen and oxygen atoms in total. The number of rotatable bonds is 8. The van der Waals surface area contributed by atoms with Gasteiger partial charge in [0.05, 0.1) is 35.1 Å². The number of likely N-dealkylation sites (tertiary alicyclic amines) is 1. The first-order chi connectivity index (χ1) is 17.1. The van der Waals surface area contributed by atoms with Crippen LogP contribution < -0.4 is 0 Å². The third-order valence-corrected chi connectivity index (χ3v) is 6.05. The lowest BCUT2D eigenvalue weighted by Gasteiger charge is -2.46. The molecule has 0 aromatic heterocycles. The van der Waals surface area contributed by atoms with E-state index in [9.17, 15) is 34.6 Å². The Kier molecular flexibility index (Phi) is 8.10. The Morgan fingerprint density at radius 3 is 1.56 bits per heavy atom. The van der Waals surface area contributed by atoms with E-state index in [2.05, 4.69) is 0 Å². The summed E-state index contributed by atoms with van der Waals surface area (Å²) < 4.78 is 10.3. The molecule has 12 heteroatoms. The highest BCUT2D eigenvalue weighted by Crippen LogP contribution is 2.47. The highest BCUT2D eigenvalue weighted by molar-refractivity contribution is 6.10. The molecule has 36 heavy (non-hydrogen) atoms. The first kappa shape index (κ1) is 26.4. The van der Waals surface area contributed by atoms with Gasteiger partial charge in [0, 0.05) is 24.3 Å². The maximum absolute atomic E-state index is 13.8. The van der Waals surface area contributed by atoms with Gasteiger partial charge in [-0.3, -0.25) is 39.5 Å². The first-order valence-corrected chi connectivity index (χ1v) is 11.2. The maximum atomic E-state index is 13.8. The van der Waals surface area contributed by atoms with Crippen LogP contribution in [-0.4, -0.2) is 52.7 Å². The topological polar surface area (TPSA) is 159 Å². The van der Waals surface area contributed by atoms with Crippen molar-refractivity contribution in [3.8, 4) is 0 Å². The average molecular weight is 499 g/mol. The molecule has 1 saturated heterocycles. The van der Waals surface area contributed by atoms with Crippen molar-refractivity contribution in [1.29, 1.82) is 0 Å².